The number of aryl methyl sites for hydroxylation is 2. The van der Waals surface area contributed by atoms with E-state index in [0.717, 1.165) is 5.56 Å². The van der Waals surface area contributed by atoms with E-state index < -0.39 is 5.97 Å². The standard InChI is InChI=1S/C12H13N3O3/c1-8-3-4-9(12(16)17)5-10(8)18-6-11-13-7-14-15(11)2/h3-5,7H,6H2,1-2H3,(H,16,17). The summed E-state index contributed by atoms with van der Waals surface area (Å²) in [4.78, 5) is 14.9. The molecule has 2 aromatic rings. The van der Waals surface area contributed by atoms with Gasteiger partial charge in [-0.05, 0) is 24.6 Å². The molecule has 94 valence electrons. The first-order valence-corrected chi connectivity index (χ1v) is 5.37. The van der Waals surface area contributed by atoms with Gasteiger partial charge in [0.25, 0.3) is 0 Å². The molecule has 6 nitrogen and oxygen atoms in total. The molecule has 0 aliphatic carbocycles. The van der Waals surface area contributed by atoms with Gasteiger partial charge in [-0.25, -0.2) is 9.78 Å². The molecule has 1 heterocycles. The van der Waals surface area contributed by atoms with Gasteiger partial charge in [-0.15, -0.1) is 0 Å². The van der Waals surface area contributed by atoms with E-state index in [0.29, 0.717) is 11.6 Å². The quantitative estimate of drug-likeness (QED) is 0.883. The van der Waals surface area contributed by atoms with Crippen LogP contribution in [0.5, 0.6) is 5.75 Å². The monoisotopic (exact) mass is 247 g/mol. The summed E-state index contributed by atoms with van der Waals surface area (Å²) in [5, 5.41) is 12.8. The third-order valence-electron chi connectivity index (χ3n) is 2.60. The van der Waals surface area contributed by atoms with Crippen molar-refractivity contribution in [1.29, 1.82) is 0 Å². The van der Waals surface area contributed by atoms with Gasteiger partial charge in [0.2, 0.25) is 0 Å². The normalized spacial score (nSPS) is 10.3. The summed E-state index contributed by atoms with van der Waals surface area (Å²) < 4.78 is 7.17. The Balaban J connectivity index is 2.16. The van der Waals surface area contributed by atoms with Gasteiger partial charge < -0.3 is 9.84 Å². The lowest BCUT2D eigenvalue weighted by Crippen LogP contribution is -2.06. The van der Waals surface area contributed by atoms with E-state index in [9.17, 15) is 4.79 Å². The topological polar surface area (TPSA) is 77.2 Å². The molecule has 18 heavy (non-hydrogen) atoms. The molecule has 6 heteroatoms. The summed E-state index contributed by atoms with van der Waals surface area (Å²) >= 11 is 0. The molecule has 2 rings (SSSR count). The lowest BCUT2D eigenvalue weighted by Gasteiger charge is -2.09. The largest absolute Gasteiger partial charge is 0.485 e. The zero-order valence-corrected chi connectivity index (χ0v) is 10.1. The van der Waals surface area contributed by atoms with Crippen molar-refractivity contribution in [3.63, 3.8) is 0 Å². The van der Waals surface area contributed by atoms with Crippen molar-refractivity contribution < 1.29 is 14.6 Å². The van der Waals surface area contributed by atoms with Crippen LogP contribution in [0.3, 0.4) is 0 Å². The molecule has 1 aromatic carbocycles. The van der Waals surface area contributed by atoms with E-state index in [1.54, 1.807) is 23.9 Å². The van der Waals surface area contributed by atoms with E-state index in [1.807, 2.05) is 6.92 Å². The molecule has 0 amide bonds. The number of benzene rings is 1. The number of hydrogen-bond donors (Lipinski definition) is 1. The predicted molar refractivity (Wildman–Crippen MR) is 63.5 cm³/mol. The van der Waals surface area contributed by atoms with E-state index in [2.05, 4.69) is 10.1 Å². The number of hydrogen-bond acceptors (Lipinski definition) is 4. The first-order chi connectivity index (χ1) is 8.58. The molecule has 1 aromatic heterocycles. The zero-order valence-electron chi connectivity index (χ0n) is 10.1. The Bertz CT molecular complexity index is 578. The van der Waals surface area contributed by atoms with Crippen LogP contribution < -0.4 is 4.74 Å². The maximum Gasteiger partial charge on any atom is 0.335 e. The highest BCUT2D eigenvalue weighted by Gasteiger charge is 2.08. The van der Waals surface area contributed by atoms with Crippen LogP contribution in [0, 0.1) is 6.92 Å². The van der Waals surface area contributed by atoms with Crippen molar-refractivity contribution in [3.8, 4) is 5.75 Å². The fourth-order valence-corrected chi connectivity index (χ4v) is 1.48. The Hall–Kier alpha value is -2.37. The van der Waals surface area contributed by atoms with Crippen LogP contribution in [0.2, 0.25) is 0 Å². The Morgan fingerprint density at radius 3 is 2.89 bits per heavy atom. The number of aromatic nitrogens is 3. The highest BCUT2D eigenvalue weighted by molar-refractivity contribution is 5.88. The molecule has 1 N–H and O–H groups in total. The summed E-state index contributed by atoms with van der Waals surface area (Å²) in [7, 11) is 1.77. The molecule has 0 unspecified atom stereocenters. The minimum Gasteiger partial charge on any atom is -0.485 e. The van der Waals surface area contributed by atoms with Gasteiger partial charge >= 0.3 is 5.97 Å². The smallest absolute Gasteiger partial charge is 0.335 e. The summed E-state index contributed by atoms with van der Waals surface area (Å²) in [6, 6.07) is 4.77. The van der Waals surface area contributed by atoms with Gasteiger partial charge in [-0.3, -0.25) is 4.68 Å². The van der Waals surface area contributed by atoms with Gasteiger partial charge in [0.15, 0.2) is 5.82 Å². The van der Waals surface area contributed by atoms with Gasteiger partial charge in [0.05, 0.1) is 5.56 Å². The average Bonchev–Trinajstić information content (AvgIpc) is 2.73. The number of carboxylic acids is 1. The molecular formula is C12H13N3O3. The number of carbonyl (C=O) groups is 1. The van der Waals surface area contributed by atoms with Crippen LogP contribution in [0.15, 0.2) is 24.5 Å². The van der Waals surface area contributed by atoms with Crippen molar-refractivity contribution in [2.24, 2.45) is 7.05 Å². The molecule has 0 aliphatic heterocycles. The summed E-state index contributed by atoms with van der Waals surface area (Å²) in [6.45, 7) is 2.11. The second-order valence-corrected chi connectivity index (χ2v) is 3.87. The lowest BCUT2D eigenvalue weighted by molar-refractivity contribution is 0.0696. The third-order valence-corrected chi connectivity index (χ3v) is 2.60. The zero-order chi connectivity index (χ0) is 13.1. The van der Waals surface area contributed by atoms with Crippen molar-refractivity contribution >= 4 is 5.97 Å². The van der Waals surface area contributed by atoms with Crippen LogP contribution in [0.25, 0.3) is 0 Å². The van der Waals surface area contributed by atoms with Crippen LogP contribution in [0.4, 0.5) is 0 Å². The second-order valence-electron chi connectivity index (χ2n) is 3.87. The molecule has 0 spiro atoms. The molecule has 0 saturated heterocycles. The number of carboxylic acid groups (broad SMARTS) is 1. The van der Waals surface area contributed by atoms with E-state index >= 15 is 0 Å². The minimum absolute atomic E-state index is 0.202. The third kappa shape index (κ3) is 2.48. The fraction of sp³-hybridized carbons (Fsp3) is 0.250. The second kappa shape index (κ2) is 4.87. The molecule has 0 radical (unpaired) electrons. The van der Waals surface area contributed by atoms with Crippen LogP contribution in [-0.4, -0.2) is 25.8 Å². The maximum absolute atomic E-state index is 10.9. The first-order valence-electron chi connectivity index (χ1n) is 5.37. The Labute approximate surface area is 104 Å². The van der Waals surface area contributed by atoms with Gasteiger partial charge in [0, 0.05) is 7.05 Å². The van der Waals surface area contributed by atoms with E-state index in [1.165, 1.54) is 12.4 Å². The van der Waals surface area contributed by atoms with E-state index in [-0.39, 0.29) is 12.2 Å². The van der Waals surface area contributed by atoms with Crippen LogP contribution in [-0.2, 0) is 13.7 Å². The van der Waals surface area contributed by atoms with Gasteiger partial charge in [-0.2, -0.15) is 5.10 Å². The maximum atomic E-state index is 10.9. The van der Waals surface area contributed by atoms with Gasteiger partial charge in [0.1, 0.15) is 18.7 Å². The molecule has 0 atom stereocenters. The number of aromatic carboxylic acids is 1. The molecule has 0 bridgehead atoms. The predicted octanol–water partition coefficient (Wildman–Crippen LogP) is 1.40. The fourth-order valence-electron chi connectivity index (χ4n) is 1.48. The molecule has 0 saturated carbocycles. The summed E-state index contributed by atoms with van der Waals surface area (Å²) in [6.07, 6.45) is 1.44. The number of ether oxygens (including phenoxy) is 1. The van der Waals surface area contributed by atoms with Crippen molar-refractivity contribution in [2.45, 2.75) is 13.5 Å². The Kier molecular flexibility index (Phi) is 3.27. The highest BCUT2D eigenvalue weighted by atomic mass is 16.5. The minimum atomic E-state index is -0.974. The number of rotatable bonds is 4. The number of nitrogens with zero attached hydrogens (tertiary/aromatic N) is 3. The molecular weight excluding hydrogens is 234 g/mol. The van der Waals surface area contributed by atoms with E-state index in [4.69, 9.17) is 9.84 Å². The van der Waals surface area contributed by atoms with Crippen molar-refractivity contribution in [2.75, 3.05) is 0 Å². The first kappa shape index (κ1) is 12.1. The van der Waals surface area contributed by atoms with Crippen LogP contribution >= 0.6 is 0 Å². The SMILES string of the molecule is Cc1ccc(C(=O)O)cc1OCc1ncnn1C. The lowest BCUT2D eigenvalue weighted by atomic mass is 10.1. The average molecular weight is 247 g/mol. The van der Waals surface area contributed by atoms with Crippen molar-refractivity contribution in [1.82, 2.24) is 14.8 Å². The summed E-state index contributed by atoms with van der Waals surface area (Å²) in [5.41, 5.74) is 1.08. The highest BCUT2D eigenvalue weighted by Crippen LogP contribution is 2.20. The summed E-state index contributed by atoms with van der Waals surface area (Å²) in [5.74, 6) is 0.242. The Morgan fingerprint density at radius 2 is 2.28 bits per heavy atom. The molecule has 0 aliphatic rings. The molecule has 0 fully saturated rings. The van der Waals surface area contributed by atoms with Gasteiger partial charge in [-0.1, -0.05) is 6.07 Å². The van der Waals surface area contributed by atoms with Crippen molar-refractivity contribution in [3.05, 3.63) is 41.5 Å². The Morgan fingerprint density at radius 1 is 1.50 bits per heavy atom. The van der Waals surface area contributed by atoms with Crippen LogP contribution in [0.1, 0.15) is 21.7 Å².